The lowest BCUT2D eigenvalue weighted by atomic mass is 9.77. The number of hydrogen-bond donors (Lipinski definition) is 1. The van der Waals surface area contributed by atoms with Crippen LogP contribution in [0, 0.1) is 17.8 Å². The average Bonchev–Trinajstić information content (AvgIpc) is 2.88. The minimum atomic E-state index is 0.406. The van der Waals surface area contributed by atoms with E-state index in [1.807, 2.05) is 0 Å². The van der Waals surface area contributed by atoms with E-state index in [2.05, 4.69) is 47.8 Å². The first-order valence-electron chi connectivity index (χ1n) is 8.67. The van der Waals surface area contributed by atoms with Crippen LogP contribution in [0.4, 0.5) is 0 Å². The van der Waals surface area contributed by atoms with E-state index >= 15 is 0 Å². The fraction of sp³-hybridized carbons (Fsp3) is 0.882. The molecule has 2 unspecified atom stereocenters. The number of nitrogens with one attached hydrogen (secondary N) is 1. The van der Waals surface area contributed by atoms with Crippen LogP contribution in [0.3, 0.4) is 0 Å². The van der Waals surface area contributed by atoms with E-state index in [9.17, 15) is 0 Å². The molecule has 1 aliphatic carbocycles. The second-order valence-corrected chi connectivity index (χ2v) is 7.28. The lowest BCUT2D eigenvalue weighted by molar-refractivity contribution is 0.221. The van der Waals surface area contributed by atoms with Crippen LogP contribution in [0.1, 0.15) is 65.2 Å². The Kier molecular flexibility index (Phi) is 6.22. The summed E-state index contributed by atoms with van der Waals surface area (Å²) in [5.41, 5.74) is 0. The number of rotatable bonds is 7. The molecular formula is C17H32N4. The SMILES string of the molecule is CC(C)CNCC1CCCCC1Cc1ncnn1C(C)C. The number of nitrogens with zero attached hydrogens (tertiary/aromatic N) is 3. The van der Waals surface area contributed by atoms with Crippen LogP contribution in [-0.2, 0) is 6.42 Å². The van der Waals surface area contributed by atoms with Crippen molar-refractivity contribution in [2.75, 3.05) is 13.1 Å². The van der Waals surface area contributed by atoms with Crippen molar-refractivity contribution in [3.63, 3.8) is 0 Å². The van der Waals surface area contributed by atoms with Crippen LogP contribution in [-0.4, -0.2) is 27.9 Å². The number of aromatic nitrogens is 3. The Morgan fingerprint density at radius 3 is 2.57 bits per heavy atom. The van der Waals surface area contributed by atoms with Crippen molar-refractivity contribution in [1.82, 2.24) is 20.1 Å². The molecule has 21 heavy (non-hydrogen) atoms. The van der Waals surface area contributed by atoms with E-state index in [4.69, 9.17) is 0 Å². The van der Waals surface area contributed by atoms with E-state index in [0.717, 1.165) is 30.7 Å². The molecule has 0 spiro atoms. The molecule has 0 amide bonds. The van der Waals surface area contributed by atoms with Crippen molar-refractivity contribution in [3.05, 3.63) is 12.2 Å². The van der Waals surface area contributed by atoms with Gasteiger partial charge in [0.15, 0.2) is 0 Å². The molecule has 0 radical (unpaired) electrons. The third kappa shape index (κ3) is 4.80. The van der Waals surface area contributed by atoms with E-state index < -0.39 is 0 Å². The molecule has 4 heteroatoms. The Bertz CT molecular complexity index is 411. The van der Waals surface area contributed by atoms with Gasteiger partial charge in [-0.2, -0.15) is 5.10 Å². The third-order valence-electron chi connectivity index (χ3n) is 4.61. The normalized spacial score (nSPS) is 23.1. The molecule has 0 bridgehead atoms. The largest absolute Gasteiger partial charge is 0.316 e. The van der Waals surface area contributed by atoms with Gasteiger partial charge in [-0.3, -0.25) is 0 Å². The van der Waals surface area contributed by atoms with Gasteiger partial charge in [0, 0.05) is 12.5 Å². The molecule has 1 aromatic rings. The van der Waals surface area contributed by atoms with E-state index in [-0.39, 0.29) is 0 Å². The summed E-state index contributed by atoms with van der Waals surface area (Å²) in [6.45, 7) is 11.2. The smallest absolute Gasteiger partial charge is 0.138 e. The van der Waals surface area contributed by atoms with E-state index in [1.165, 1.54) is 38.1 Å². The second-order valence-electron chi connectivity index (χ2n) is 7.28. The highest BCUT2D eigenvalue weighted by Crippen LogP contribution is 2.32. The molecule has 1 saturated carbocycles. The molecule has 1 N–H and O–H groups in total. The van der Waals surface area contributed by atoms with Gasteiger partial charge in [0.25, 0.3) is 0 Å². The zero-order chi connectivity index (χ0) is 15.2. The molecule has 120 valence electrons. The van der Waals surface area contributed by atoms with Crippen LogP contribution < -0.4 is 5.32 Å². The molecule has 1 aromatic heterocycles. The van der Waals surface area contributed by atoms with Crippen LogP contribution in [0.2, 0.25) is 0 Å². The quantitative estimate of drug-likeness (QED) is 0.837. The van der Waals surface area contributed by atoms with Crippen molar-refractivity contribution < 1.29 is 0 Å². The van der Waals surface area contributed by atoms with Crippen molar-refractivity contribution in [2.45, 2.75) is 65.8 Å². The van der Waals surface area contributed by atoms with Gasteiger partial charge in [0.2, 0.25) is 0 Å². The summed E-state index contributed by atoms with van der Waals surface area (Å²) in [5, 5.41) is 8.04. The highest BCUT2D eigenvalue weighted by atomic mass is 15.3. The molecule has 1 fully saturated rings. The average molecular weight is 292 g/mol. The molecule has 4 nitrogen and oxygen atoms in total. The van der Waals surface area contributed by atoms with Crippen molar-refractivity contribution in [2.24, 2.45) is 17.8 Å². The van der Waals surface area contributed by atoms with E-state index in [0.29, 0.717) is 6.04 Å². The van der Waals surface area contributed by atoms with Crippen LogP contribution in [0.25, 0.3) is 0 Å². The summed E-state index contributed by atoms with van der Waals surface area (Å²) in [5.74, 6) is 3.47. The molecular weight excluding hydrogens is 260 g/mol. The first kappa shape index (κ1) is 16.5. The summed E-state index contributed by atoms with van der Waals surface area (Å²) in [4.78, 5) is 4.51. The Hall–Kier alpha value is -0.900. The first-order chi connectivity index (χ1) is 10.1. The van der Waals surface area contributed by atoms with Crippen LogP contribution >= 0.6 is 0 Å². The van der Waals surface area contributed by atoms with Crippen LogP contribution in [0.5, 0.6) is 0 Å². The highest BCUT2D eigenvalue weighted by Gasteiger charge is 2.26. The first-order valence-corrected chi connectivity index (χ1v) is 8.67. The van der Waals surface area contributed by atoms with E-state index in [1.54, 1.807) is 6.33 Å². The van der Waals surface area contributed by atoms with Crippen LogP contribution in [0.15, 0.2) is 6.33 Å². The zero-order valence-corrected chi connectivity index (χ0v) is 14.2. The summed E-state index contributed by atoms with van der Waals surface area (Å²) in [7, 11) is 0. The predicted octanol–water partition coefficient (Wildman–Crippen LogP) is 3.45. The van der Waals surface area contributed by atoms with Gasteiger partial charge in [-0.1, -0.05) is 26.7 Å². The maximum Gasteiger partial charge on any atom is 0.138 e. The van der Waals surface area contributed by atoms with Gasteiger partial charge >= 0.3 is 0 Å². The summed E-state index contributed by atoms with van der Waals surface area (Å²) in [6.07, 6.45) is 8.28. The molecule has 2 atom stereocenters. The molecule has 0 aromatic carbocycles. The molecule has 2 rings (SSSR count). The van der Waals surface area contributed by atoms with Gasteiger partial charge in [0.05, 0.1) is 0 Å². The topological polar surface area (TPSA) is 42.7 Å². The van der Waals surface area contributed by atoms with Crippen molar-refractivity contribution in [3.8, 4) is 0 Å². The Labute approximate surface area is 129 Å². The monoisotopic (exact) mass is 292 g/mol. The van der Waals surface area contributed by atoms with Gasteiger partial charge in [-0.25, -0.2) is 9.67 Å². The lowest BCUT2D eigenvalue weighted by Gasteiger charge is -2.32. The summed E-state index contributed by atoms with van der Waals surface area (Å²) in [6, 6.07) is 0.406. The lowest BCUT2D eigenvalue weighted by Crippen LogP contribution is -2.33. The molecule has 0 aliphatic heterocycles. The Morgan fingerprint density at radius 2 is 1.90 bits per heavy atom. The molecule has 0 saturated heterocycles. The third-order valence-corrected chi connectivity index (χ3v) is 4.61. The minimum absolute atomic E-state index is 0.406. The fourth-order valence-corrected chi connectivity index (χ4v) is 3.47. The number of hydrogen-bond acceptors (Lipinski definition) is 3. The standard InChI is InChI=1S/C17H32N4/c1-13(2)10-18-11-16-8-6-5-7-15(16)9-17-19-12-20-21(17)14(3)4/h12-16,18H,5-11H2,1-4H3. The van der Waals surface area contributed by atoms with Crippen molar-refractivity contribution in [1.29, 1.82) is 0 Å². The van der Waals surface area contributed by atoms with Crippen molar-refractivity contribution >= 4 is 0 Å². The highest BCUT2D eigenvalue weighted by molar-refractivity contribution is 4.92. The molecule has 1 heterocycles. The maximum absolute atomic E-state index is 4.51. The molecule has 1 aliphatic rings. The fourth-order valence-electron chi connectivity index (χ4n) is 3.47. The summed E-state index contributed by atoms with van der Waals surface area (Å²) >= 11 is 0. The maximum atomic E-state index is 4.51. The minimum Gasteiger partial charge on any atom is -0.316 e. The Balaban J connectivity index is 1.93. The zero-order valence-electron chi connectivity index (χ0n) is 14.2. The predicted molar refractivity (Wildman–Crippen MR) is 87.3 cm³/mol. The second kappa shape index (κ2) is 7.92. The Morgan fingerprint density at radius 1 is 1.19 bits per heavy atom. The van der Waals surface area contributed by atoms with Gasteiger partial charge in [0.1, 0.15) is 12.2 Å². The van der Waals surface area contributed by atoms with Gasteiger partial charge < -0.3 is 5.32 Å². The summed E-state index contributed by atoms with van der Waals surface area (Å²) < 4.78 is 2.09. The van der Waals surface area contributed by atoms with Gasteiger partial charge in [-0.05, 0) is 57.5 Å². The van der Waals surface area contributed by atoms with Gasteiger partial charge in [-0.15, -0.1) is 0 Å².